The normalized spacial score (nSPS) is 21.3. The summed E-state index contributed by atoms with van der Waals surface area (Å²) in [7, 11) is 4.97. The monoisotopic (exact) mass is 443 g/mol. The second-order valence-electron chi connectivity index (χ2n) is 8.03. The van der Waals surface area contributed by atoms with E-state index in [0.717, 1.165) is 43.1 Å². The van der Waals surface area contributed by atoms with E-state index in [0.29, 0.717) is 25.5 Å². The van der Waals surface area contributed by atoms with Crippen molar-refractivity contribution in [2.24, 2.45) is 4.99 Å². The van der Waals surface area contributed by atoms with Gasteiger partial charge in [-0.3, -0.25) is 9.89 Å². The molecule has 1 unspecified atom stereocenters. The topological polar surface area (TPSA) is 61.4 Å². The Hall–Kier alpha value is -2.36. The first-order chi connectivity index (χ1) is 14.8. The van der Waals surface area contributed by atoms with Crippen molar-refractivity contribution in [1.82, 2.24) is 15.5 Å². The summed E-state index contributed by atoms with van der Waals surface area (Å²) in [6, 6.07) is 6.08. The van der Waals surface area contributed by atoms with E-state index < -0.39 is 12.7 Å². The first-order valence-electron chi connectivity index (χ1n) is 10.6. The van der Waals surface area contributed by atoms with Gasteiger partial charge < -0.3 is 25.0 Å². The molecule has 0 saturated carbocycles. The zero-order valence-electron chi connectivity index (χ0n) is 18.3. The van der Waals surface area contributed by atoms with Crippen molar-refractivity contribution in [1.29, 1.82) is 0 Å². The molecule has 0 amide bonds. The van der Waals surface area contributed by atoms with Crippen molar-refractivity contribution in [2.45, 2.75) is 37.5 Å². The van der Waals surface area contributed by atoms with Gasteiger partial charge in [-0.1, -0.05) is 0 Å². The molecular weight excluding hydrogens is 411 g/mol. The Balaban J connectivity index is 1.48. The fourth-order valence-corrected chi connectivity index (χ4v) is 4.16. The van der Waals surface area contributed by atoms with Crippen LogP contribution in [0.2, 0.25) is 0 Å². The Bertz CT molecular complexity index is 729. The molecule has 1 atom stereocenters. The van der Waals surface area contributed by atoms with Crippen molar-refractivity contribution < 1.29 is 22.6 Å². The molecule has 2 aliphatic heterocycles. The smallest absolute Gasteiger partial charge is 0.401 e. The number of halogens is 3. The highest BCUT2D eigenvalue weighted by molar-refractivity contribution is 5.80. The summed E-state index contributed by atoms with van der Waals surface area (Å²) in [5, 5.41) is 6.72. The fourth-order valence-electron chi connectivity index (χ4n) is 4.16. The molecule has 2 fully saturated rings. The van der Waals surface area contributed by atoms with E-state index in [4.69, 9.17) is 9.47 Å². The molecule has 1 aromatic rings. The maximum atomic E-state index is 12.6. The van der Waals surface area contributed by atoms with Crippen LogP contribution in [0, 0.1) is 0 Å². The first-order valence-corrected chi connectivity index (χ1v) is 10.6. The average molecular weight is 444 g/mol. The molecule has 2 heterocycles. The van der Waals surface area contributed by atoms with Gasteiger partial charge in [0.2, 0.25) is 0 Å². The number of aliphatic imine (C=N–C) groups is 1. The number of methoxy groups -OCH3 is 2. The van der Waals surface area contributed by atoms with Crippen LogP contribution in [0.15, 0.2) is 23.2 Å². The van der Waals surface area contributed by atoms with Gasteiger partial charge in [0.15, 0.2) is 5.96 Å². The van der Waals surface area contributed by atoms with Crippen molar-refractivity contribution in [2.75, 3.05) is 58.9 Å². The van der Waals surface area contributed by atoms with Crippen LogP contribution in [0.25, 0.3) is 0 Å². The van der Waals surface area contributed by atoms with Crippen LogP contribution in [0.1, 0.15) is 19.3 Å². The van der Waals surface area contributed by atoms with Crippen LogP contribution in [0.3, 0.4) is 0 Å². The van der Waals surface area contributed by atoms with Crippen LogP contribution in [0.4, 0.5) is 18.9 Å². The highest BCUT2D eigenvalue weighted by Gasteiger charge is 2.34. The number of guanidine groups is 1. The SMILES string of the molecule is CN=C(NC1CCN(c2cc(OC)cc(OC)c2)CC1)NC1CCN(CC(F)(F)F)C1. The predicted molar refractivity (Wildman–Crippen MR) is 115 cm³/mol. The van der Waals surface area contributed by atoms with Gasteiger partial charge in [-0.05, 0) is 19.3 Å². The van der Waals surface area contributed by atoms with E-state index in [1.807, 2.05) is 18.2 Å². The number of rotatable bonds is 6. The maximum Gasteiger partial charge on any atom is 0.401 e. The second kappa shape index (κ2) is 10.3. The molecule has 0 radical (unpaired) electrons. The van der Waals surface area contributed by atoms with Gasteiger partial charge in [-0.15, -0.1) is 0 Å². The fraction of sp³-hybridized carbons (Fsp3) is 0.667. The van der Waals surface area contributed by atoms with E-state index in [2.05, 4.69) is 20.5 Å². The summed E-state index contributed by atoms with van der Waals surface area (Å²) in [5.41, 5.74) is 1.06. The third-order valence-corrected chi connectivity index (χ3v) is 5.78. The number of alkyl halides is 3. The number of piperidine rings is 1. The van der Waals surface area contributed by atoms with Crippen LogP contribution in [-0.2, 0) is 0 Å². The number of ether oxygens (including phenoxy) is 2. The molecule has 2 N–H and O–H groups in total. The summed E-state index contributed by atoms with van der Waals surface area (Å²) in [6.45, 7) is 1.69. The zero-order chi connectivity index (χ0) is 22.4. The Kier molecular flexibility index (Phi) is 7.74. The Morgan fingerprint density at radius 3 is 2.13 bits per heavy atom. The van der Waals surface area contributed by atoms with Gasteiger partial charge in [0.1, 0.15) is 11.5 Å². The van der Waals surface area contributed by atoms with Gasteiger partial charge in [0.05, 0.1) is 20.8 Å². The largest absolute Gasteiger partial charge is 0.497 e. The van der Waals surface area contributed by atoms with Crippen LogP contribution in [0.5, 0.6) is 11.5 Å². The van der Waals surface area contributed by atoms with Crippen molar-refractivity contribution in [3.63, 3.8) is 0 Å². The summed E-state index contributed by atoms with van der Waals surface area (Å²) >= 11 is 0. The van der Waals surface area contributed by atoms with E-state index in [-0.39, 0.29) is 12.1 Å². The summed E-state index contributed by atoms with van der Waals surface area (Å²) < 4.78 is 48.5. The summed E-state index contributed by atoms with van der Waals surface area (Å²) in [6.07, 6.45) is -1.64. The number of nitrogens with one attached hydrogen (secondary N) is 2. The van der Waals surface area contributed by atoms with Crippen molar-refractivity contribution >= 4 is 11.6 Å². The Morgan fingerprint density at radius 2 is 1.58 bits per heavy atom. The van der Waals surface area contributed by atoms with Crippen LogP contribution >= 0.6 is 0 Å². The molecule has 1 aromatic carbocycles. The number of hydrogen-bond acceptors (Lipinski definition) is 5. The quantitative estimate of drug-likeness (QED) is 0.521. The minimum absolute atomic E-state index is 0.0297. The standard InChI is InChI=1S/C21H32F3N5O2/c1-25-20(27-16-4-7-28(13-16)14-21(22,23)24)26-15-5-8-29(9-6-15)17-10-18(30-2)12-19(11-17)31-3/h10-12,15-16H,4-9,13-14H2,1-3H3,(H2,25,26,27). The molecule has 0 aliphatic carbocycles. The first kappa shape index (κ1) is 23.3. The third kappa shape index (κ3) is 6.81. The number of nitrogens with zero attached hydrogens (tertiary/aromatic N) is 3. The molecule has 0 spiro atoms. The van der Waals surface area contributed by atoms with Crippen molar-refractivity contribution in [3.8, 4) is 11.5 Å². The lowest BCUT2D eigenvalue weighted by Crippen LogP contribution is -2.51. The molecule has 0 aromatic heterocycles. The predicted octanol–water partition coefficient (Wildman–Crippen LogP) is 2.47. The van der Waals surface area contributed by atoms with E-state index >= 15 is 0 Å². The minimum Gasteiger partial charge on any atom is -0.497 e. The summed E-state index contributed by atoms with van der Waals surface area (Å²) in [4.78, 5) is 8.01. The molecule has 2 aliphatic rings. The molecular formula is C21H32F3N5O2. The van der Waals surface area contributed by atoms with Crippen LogP contribution < -0.4 is 25.0 Å². The van der Waals surface area contributed by atoms with Gasteiger partial charge in [0, 0.05) is 69.2 Å². The highest BCUT2D eigenvalue weighted by atomic mass is 19.4. The molecule has 0 bridgehead atoms. The molecule has 174 valence electrons. The highest BCUT2D eigenvalue weighted by Crippen LogP contribution is 2.30. The second-order valence-corrected chi connectivity index (χ2v) is 8.03. The molecule has 31 heavy (non-hydrogen) atoms. The molecule has 7 nitrogen and oxygen atoms in total. The van der Waals surface area contributed by atoms with Gasteiger partial charge in [-0.25, -0.2) is 0 Å². The van der Waals surface area contributed by atoms with Crippen LogP contribution in [-0.4, -0.2) is 83.1 Å². The number of benzene rings is 1. The number of anilines is 1. The molecule has 10 heteroatoms. The summed E-state index contributed by atoms with van der Waals surface area (Å²) in [5.74, 6) is 2.17. The molecule has 2 saturated heterocycles. The lowest BCUT2D eigenvalue weighted by Gasteiger charge is -2.35. The van der Waals surface area contributed by atoms with E-state index in [1.54, 1.807) is 21.3 Å². The Morgan fingerprint density at radius 1 is 1.00 bits per heavy atom. The van der Waals surface area contributed by atoms with Gasteiger partial charge >= 0.3 is 6.18 Å². The lowest BCUT2D eigenvalue weighted by atomic mass is 10.0. The van der Waals surface area contributed by atoms with E-state index in [1.165, 1.54) is 4.90 Å². The van der Waals surface area contributed by atoms with Gasteiger partial charge in [0.25, 0.3) is 0 Å². The Labute approximate surface area is 181 Å². The average Bonchev–Trinajstić information content (AvgIpc) is 3.18. The number of hydrogen-bond donors (Lipinski definition) is 2. The lowest BCUT2D eigenvalue weighted by molar-refractivity contribution is -0.143. The minimum atomic E-state index is -4.16. The third-order valence-electron chi connectivity index (χ3n) is 5.78. The van der Waals surface area contributed by atoms with Crippen molar-refractivity contribution in [3.05, 3.63) is 18.2 Å². The van der Waals surface area contributed by atoms with Gasteiger partial charge in [-0.2, -0.15) is 13.2 Å². The molecule has 3 rings (SSSR count). The zero-order valence-corrected chi connectivity index (χ0v) is 18.3. The number of likely N-dealkylation sites (tertiary alicyclic amines) is 1. The van der Waals surface area contributed by atoms with E-state index in [9.17, 15) is 13.2 Å². The maximum absolute atomic E-state index is 12.6.